The zero-order chi connectivity index (χ0) is 14.5. The van der Waals surface area contributed by atoms with Gasteiger partial charge in [-0.25, -0.2) is 31.1 Å². The van der Waals surface area contributed by atoms with E-state index in [0.717, 1.165) is 0 Å². The van der Waals surface area contributed by atoms with Crippen molar-refractivity contribution in [2.24, 2.45) is 23.2 Å². The Balaban J connectivity index is 4.55. The van der Waals surface area contributed by atoms with Crippen LogP contribution in [0.4, 0.5) is 9.59 Å². The molecule has 0 aliphatic rings. The first-order chi connectivity index (χ1) is 8.18. The standard InChI is InChI=1S/C7H14N6O5/c8-6(17)12(10)3(5(15)16)1-2-4(14)13(11)7(9)18/h3H,1-2,10-11H2,(H2,8,17)(H2,9,18)(H,15,16)/t3-/m0/s1. The Bertz CT molecular complexity index is 371. The number of primary amides is 2. The summed E-state index contributed by atoms with van der Waals surface area (Å²) in [6, 6.07) is -3.87. The molecule has 11 nitrogen and oxygen atoms in total. The van der Waals surface area contributed by atoms with Gasteiger partial charge in [0.1, 0.15) is 6.04 Å². The number of hydrazine groups is 2. The van der Waals surface area contributed by atoms with Gasteiger partial charge >= 0.3 is 18.0 Å². The van der Waals surface area contributed by atoms with Crippen molar-refractivity contribution in [2.45, 2.75) is 18.9 Å². The normalized spacial score (nSPS) is 11.4. The number of aliphatic carboxylic acids is 1. The highest BCUT2D eigenvalue weighted by Crippen LogP contribution is 2.05. The summed E-state index contributed by atoms with van der Waals surface area (Å²) in [4.78, 5) is 43.3. The lowest BCUT2D eigenvalue weighted by molar-refractivity contribution is -0.142. The predicted octanol–water partition coefficient (Wildman–Crippen LogP) is -2.74. The number of hydrogen-bond acceptors (Lipinski definition) is 6. The first kappa shape index (κ1) is 15.6. The van der Waals surface area contributed by atoms with Gasteiger partial charge in [-0.3, -0.25) is 4.79 Å². The average molecular weight is 262 g/mol. The average Bonchev–Trinajstić information content (AvgIpc) is 2.26. The minimum Gasteiger partial charge on any atom is -0.480 e. The fourth-order valence-corrected chi connectivity index (χ4v) is 1.04. The van der Waals surface area contributed by atoms with E-state index in [9.17, 15) is 19.2 Å². The number of imide groups is 1. The van der Waals surface area contributed by atoms with Crippen molar-refractivity contribution in [3.05, 3.63) is 0 Å². The molecule has 0 bridgehead atoms. The van der Waals surface area contributed by atoms with Gasteiger partial charge in [0.15, 0.2) is 0 Å². The molecule has 0 unspecified atom stereocenters. The lowest BCUT2D eigenvalue weighted by Crippen LogP contribution is -2.53. The number of carboxylic acids is 1. The molecule has 0 aromatic heterocycles. The number of carbonyl (C=O) groups excluding carboxylic acids is 3. The molecule has 0 spiro atoms. The summed E-state index contributed by atoms with van der Waals surface area (Å²) >= 11 is 0. The van der Waals surface area contributed by atoms with Crippen LogP contribution in [-0.2, 0) is 9.59 Å². The highest BCUT2D eigenvalue weighted by molar-refractivity contribution is 5.93. The molecule has 0 saturated heterocycles. The second-order valence-electron chi connectivity index (χ2n) is 3.24. The molecule has 0 aromatic rings. The van der Waals surface area contributed by atoms with Gasteiger partial charge in [-0.05, 0) is 6.42 Å². The molecule has 0 aliphatic carbocycles. The van der Waals surface area contributed by atoms with Crippen LogP contribution in [-0.4, -0.2) is 45.1 Å². The molecule has 1 atom stereocenters. The Hall–Kier alpha value is -2.40. The van der Waals surface area contributed by atoms with Crippen molar-refractivity contribution in [3.8, 4) is 0 Å². The fourth-order valence-electron chi connectivity index (χ4n) is 1.04. The van der Waals surface area contributed by atoms with Crippen LogP contribution in [0.25, 0.3) is 0 Å². The summed E-state index contributed by atoms with van der Waals surface area (Å²) in [7, 11) is 0. The first-order valence-electron chi connectivity index (χ1n) is 4.61. The maximum atomic E-state index is 11.2. The van der Waals surface area contributed by atoms with Crippen molar-refractivity contribution >= 4 is 23.9 Å². The summed E-state index contributed by atoms with van der Waals surface area (Å²) in [5.74, 6) is 7.73. The van der Waals surface area contributed by atoms with E-state index < -0.39 is 36.4 Å². The largest absolute Gasteiger partial charge is 0.480 e. The lowest BCUT2D eigenvalue weighted by atomic mass is 10.1. The van der Waals surface area contributed by atoms with E-state index in [1.807, 2.05) is 0 Å². The third kappa shape index (κ3) is 4.23. The van der Waals surface area contributed by atoms with Gasteiger partial charge in [-0.15, -0.1) is 0 Å². The van der Waals surface area contributed by atoms with E-state index in [0.29, 0.717) is 0 Å². The molecule has 0 heterocycles. The van der Waals surface area contributed by atoms with Gasteiger partial charge in [-0.1, -0.05) is 0 Å². The molecule has 0 radical (unpaired) electrons. The highest BCUT2D eigenvalue weighted by atomic mass is 16.4. The van der Waals surface area contributed by atoms with Gasteiger partial charge in [0.25, 0.3) is 0 Å². The second-order valence-corrected chi connectivity index (χ2v) is 3.24. The minimum atomic E-state index is -1.51. The Morgan fingerprint density at radius 1 is 1.06 bits per heavy atom. The van der Waals surface area contributed by atoms with Crippen molar-refractivity contribution in [2.75, 3.05) is 0 Å². The summed E-state index contributed by atoms with van der Waals surface area (Å²) in [6.45, 7) is 0. The Labute approximate surface area is 101 Å². The van der Waals surface area contributed by atoms with Crippen LogP contribution >= 0.6 is 0 Å². The first-order valence-corrected chi connectivity index (χ1v) is 4.61. The van der Waals surface area contributed by atoms with E-state index in [2.05, 4.69) is 0 Å². The molecule has 0 rings (SSSR count). The molecule has 102 valence electrons. The van der Waals surface area contributed by atoms with Crippen molar-refractivity contribution in [3.63, 3.8) is 0 Å². The van der Waals surface area contributed by atoms with Gasteiger partial charge < -0.3 is 16.6 Å². The summed E-state index contributed by atoms with van der Waals surface area (Å²) in [5, 5.41) is 9.17. The number of carbonyl (C=O) groups is 4. The second kappa shape index (κ2) is 6.36. The molecule has 5 amide bonds. The van der Waals surface area contributed by atoms with Crippen LogP contribution in [0.1, 0.15) is 12.8 Å². The van der Waals surface area contributed by atoms with Crippen molar-refractivity contribution in [1.82, 2.24) is 10.0 Å². The van der Waals surface area contributed by atoms with Crippen LogP contribution in [0.15, 0.2) is 0 Å². The van der Waals surface area contributed by atoms with E-state index in [1.165, 1.54) is 0 Å². The number of amides is 5. The number of urea groups is 2. The summed E-state index contributed by atoms with van der Waals surface area (Å²) in [6.07, 6.45) is -0.814. The maximum absolute atomic E-state index is 11.2. The quantitative estimate of drug-likeness (QED) is 0.201. The van der Waals surface area contributed by atoms with Crippen LogP contribution in [0.2, 0.25) is 0 Å². The van der Waals surface area contributed by atoms with E-state index >= 15 is 0 Å². The molecule has 0 fully saturated rings. The van der Waals surface area contributed by atoms with Gasteiger partial charge in [0.2, 0.25) is 5.91 Å². The van der Waals surface area contributed by atoms with E-state index in [1.54, 1.807) is 0 Å². The van der Waals surface area contributed by atoms with Crippen molar-refractivity contribution in [1.29, 1.82) is 0 Å². The summed E-state index contributed by atoms with van der Waals surface area (Å²) < 4.78 is 0. The third-order valence-electron chi connectivity index (χ3n) is 2.01. The number of hydrogen-bond donors (Lipinski definition) is 5. The van der Waals surface area contributed by atoms with E-state index in [4.69, 9.17) is 28.3 Å². The Morgan fingerprint density at radius 3 is 1.89 bits per heavy atom. The van der Waals surface area contributed by atoms with E-state index in [-0.39, 0.29) is 16.4 Å². The number of rotatable bonds is 5. The van der Waals surface area contributed by atoms with Gasteiger partial charge in [0.05, 0.1) is 0 Å². The van der Waals surface area contributed by atoms with Crippen LogP contribution in [0.5, 0.6) is 0 Å². The monoisotopic (exact) mass is 262 g/mol. The number of nitrogens with two attached hydrogens (primary N) is 4. The third-order valence-corrected chi connectivity index (χ3v) is 2.01. The number of carboxylic acid groups (broad SMARTS) is 1. The molecule has 0 aromatic carbocycles. The molecular formula is C7H14N6O5. The van der Waals surface area contributed by atoms with Gasteiger partial charge in [-0.2, -0.15) is 5.01 Å². The van der Waals surface area contributed by atoms with Crippen LogP contribution < -0.4 is 23.2 Å². The van der Waals surface area contributed by atoms with Crippen LogP contribution in [0.3, 0.4) is 0 Å². The lowest BCUT2D eigenvalue weighted by Gasteiger charge is -2.22. The molecular weight excluding hydrogens is 248 g/mol. The zero-order valence-electron chi connectivity index (χ0n) is 9.28. The van der Waals surface area contributed by atoms with Crippen molar-refractivity contribution < 1.29 is 24.3 Å². The topological polar surface area (TPSA) is 199 Å². The fraction of sp³-hybridized carbons (Fsp3) is 0.429. The zero-order valence-corrected chi connectivity index (χ0v) is 9.28. The Morgan fingerprint density at radius 2 is 1.56 bits per heavy atom. The minimum absolute atomic E-state index is 0.129. The molecule has 18 heavy (non-hydrogen) atoms. The number of nitrogens with zero attached hydrogens (tertiary/aromatic N) is 2. The SMILES string of the molecule is NC(=O)N(N)C(=O)CC[C@@H](C(=O)O)N(N)C(N)=O. The smallest absolute Gasteiger partial charge is 0.336 e. The molecule has 0 saturated carbocycles. The summed E-state index contributed by atoms with van der Waals surface area (Å²) in [5.41, 5.74) is 9.52. The molecule has 9 N–H and O–H groups in total. The Kier molecular flexibility index (Phi) is 5.52. The molecule has 0 aliphatic heterocycles. The van der Waals surface area contributed by atoms with Gasteiger partial charge in [0, 0.05) is 6.42 Å². The molecule has 11 heteroatoms. The predicted molar refractivity (Wildman–Crippen MR) is 56.9 cm³/mol. The maximum Gasteiger partial charge on any atom is 0.336 e. The highest BCUT2D eigenvalue weighted by Gasteiger charge is 2.27. The van der Waals surface area contributed by atoms with Crippen LogP contribution in [0, 0.1) is 0 Å².